The van der Waals surface area contributed by atoms with Crippen molar-refractivity contribution < 1.29 is 24.2 Å². The molecule has 0 aromatic rings. The Balaban J connectivity index is 3.64. The highest BCUT2D eigenvalue weighted by atomic mass is 32.2. The zero-order valence-electron chi connectivity index (χ0n) is 17.0. The Morgan fingerprint density at radius 1 is 1.00 bits per heavy atom. The lowest BCUT2D eigenvalue weighted by atomic mass is 10.0. The van der Waals surface area contributed by atoms with E-state index in [4.69, 9.17) is 9.84 Å². The topological polar surface area (TPSA) is 80.7 Å². The minimum absolute atomic E-state index is 0.0685. The summed E-state index contributed by atoms with van der Waals surface area (Å²) >= 11 is 5.52. The van der Waals surface area contributed by atoms with Crippen LogP contribution >= 0.6 is 24.4 Å². The van der Waals surface area contributed by atoms with Crippen LogP contribution in [-0.4, -0.2) is 52.1 Å². The van der Waals surface area contributed by atoms with E-state index < -0.39 is 11.2 Å². The minimum atomic E-state index is -0.962. The fourth-order valence-electron chi connectivity index (χ4n) is 2.58. The largest absolute Gasteiger partial charge is 0.481 e. The monoisotopic (exact) mass is 420 g/mol. The fourth-order valence-corrected chi connectivity index (χ4v) is 3.36. The average molecular weight is 421 g/mol. The second-order valence-electron chi connectivity index (χ2n) is 7.46. The number of Topliss-reactive ketones (excluding diaryl/α,β-unsaturated/α-hetero) is 2. The highest BCUT2D eigenvalue weighted by Gasteiger charge is 2.20. The molecule has 0 rings (SSSR count). The Morgan fingerprint density at radius 2 is 1.59 bits per heavy atom. The number of carboxylic acid groups (broad SMARTS) is 1. The molecule has 7 heteroatoms. The van der Waals surface area contributed by atoms with E-state index in [1.807, 2.05) is 13.8 Å². The van der Waals surface area contributed by atoms with E-state index in [-0.39, 0.29) is 30.0 Å². The van der Waals surface area contributed by atoms with Crippen LogP contribution in [-0.2, 0) is 19.1 Å². The van der Waals surface area contributed by atoms with Gasteiger partial charge in [-0.2, -0.15) is 24.4 Å². The first-order chi connectivity index (χ1) is 12.7. The zero-order valence-corrected chi connectivity index (χ0v) is 18.7. The van der Waals surface area contributed by atoms with Crippen molar-refractivity contribution >= 4 is 41.9 Å². The number of ether oxygens (including phenoxy) is 1. The summed E-state index contributed by atoms with van der Waals surface area (Å²) in [6.07, 6.45) is 8.53. The van der Waals surface area contributed by atoms with Crippen LogP contribution in [0.25, 0.3) is 0 Å². The molecule has 0 amide bonds. The second kappa shape index (κ2) is 15.4. The highest BCUT2D eigenvalue weighted by molar-refractivity contribution is 7.99. The van der Waals surface area contributed by atoms with Crippen LogP contribution in [0.5, 0.6) is 0 Å². The summed E-state index contributed by atoms with van der Waals surface area (Å²) < 4.78 is 5.74. The molecule has 1 N–H and O–H groups in total. The quantitative estimate of drug-likeness (QED) is 0.250. The van der Waals surface area contributed by atoms with E-state index >= 15 is 0 Å². The number of carbonyl (C=O) groups is 3. The van der Waals surface area contributed by atoms with Gasteiger partial charge in [-0.1, -0.05) is 19.3 Å². The van der Waals surface area contributed by atoms with Crippen molar-refractivity contribution in [1.82, 2.24) is 0 Å². The molecule has 0 bridgehead atoms. The van der Waals surface area contributed by atoms with Crippen LogP contribution in [0.15, 0.2) is 0 Å². The van der Waals surface area contributed by atoms with Crippen LogP contribution in [0.2, 0.25) is 0 Å². The molecule has 0 aliphatic carbocycles. The van der Waals surface area contributed by atoms with Crippen LogP contribution in [0.4, 0.5) is 0 Å². The molecule has 0 fully saturated rings. The molecule has 1 atom stereocenters. The average Bonchev–Trinajstić information content (AvgIpc) is 2.61. The van der Waals surface area contributed by atoms with Crippen molar-refractivity contribution in [1.29, 1.82) is 0 Å². The summed E-state index contributed by atoms with van der Waals surface area (Å²) in [5.41, 5.74) is -0.166. The molecule has 0 saturated heterocycles. The molecular weight excluding hydrogens is 384 g/mol. The lowest BCUT2D eigenvalue weighted by Gasteiger charge is -2.22. The molecule has 0 aliphatic rings. The molecule has 0 spiro atoms. The Labute approximate surface area is 173 Å². The van der Waals surface area contributed by atoms with Gasteiger partial charge in [-0.15, -0.1) is 0 Å². The second-order valence-corrected chi connectivity index (χ2v) is 8.82. The lowest BCUT2D eigenvalue weighted by molar-refractivity contribution is -0.138. The van der Waals surface area contributed by atoms with E-state index in [9.17, 15) is 14.4 Å². The summed E-state index contributed by atoms with van der Waals surface area (Å²) in [7, 11) is 0. The van der Waals surface area contributed by atoms with Crippen LogP contribution in [0.1, 0.15) is 78.1 Å². The maximum atomic E-state index is 11.9. The first-order valence-electron chi connectivity index (χ1n) is 9.75. The van der Waals surface area contributed by atoms with Crippen molar-refractivity contribution in [2.45, 2.75) is 88.9 Å². The third-order valence-electron chi connectivity index (χ3n) is 4.36. The molecule has 0 saturated carbocycles. The Bertz CT molecular complexity index is 452. The SMILES string of the molecule is CSC(CC(=O)O)C(=O)CCCC(=O)CCCCCCCOC(C)(C)CS. The van der Waals surface area contributed by atoms with E-state index in [1.54, 1.807) is 6.26 Å². The number of carbonyl (C=O) groups excluding carboxylic acids is 2. The van der Waals surface area contributed by atoms with Gasteiger partial charge in [0.1, 0.15) is 11.6 Å². The van der Waals surface area contributed by atoms with Crippen molar-refractivity contribution in [3.8, 4) is 0 Å². The molecule has 27 heavy (non-hydrogen) atoms. The number of hydrogen-bond acceptors (Lipinski definition) is 6. The number of ketones is 2. The Kier molecular flexibility index (Phi) is 15.1. The zero-order chi connectivity index (χ0) is 20.7. The minimum Gasteiger partial charge on any atom is -0.481 e. The third kappa shape index (κ3) is 15.1. The van der Waals surface area contributed by atoms with Gasteiger partial charge >= 0.3 is 5.97 Å². The lowest BCUT2D eigenvalue weighted by Crippen LogP contribution is -2.26. The number of aliphatic carboxylic acids is 1. The predicted octanol–water partition coefficient (Wildman–Crippen LogP) is 4.57. The van der Waals surface area contributed by atoms with Crippen LogP contribution < -0.4 is 0 Å². The van der Waals surface area contributed by atoms with E-state index in [0.29, 0.717) is 25.0 Å². The third-order valence-corrected chi connectivity index (χ3v) is 6.12. The predicted molar refractivity (Wildman–Crippen MR) is 115 cm³/mol. The first-order valence-corrected chi connectivity index (χ1v) is 11.7. The van der Waals surface area contributed by atoms with Gasteiger partial charge in [-0.25, -0.2) is 0 Å². The standard InChI is InChI=1S/C20H36O5S2/c1-20(2,15-26)25-13-8-6-4-5-7-10-16(21)11-9-12-17(22)18(27-3)14-19(23)24/h18,26H,4-15H2,1-3H3,(H,23,24). The van der Waals surface area contributed by atoms with Gasteiger partial charge in [0.15, 0.2) is 0 Å². The number of thiol groups is 1. The van der Waals surface area contributed by atoms with Crippen LogP contribution in [0, 0.1) is 0 Å². The molecule has 0 aromatic carbocycles. The van der Waals surface area contributed by atoms with E-state index in [2.05, 4.69) is 12.6 Å². The van der Waals surface area contributed by atoms with Gasteiger partial charge in [0, 0.05) is 31.6 Å². The number of unbranched alkanes of at least 4 members (excludes halogenated alkanes) is 4. The number of hydrogen-bond donors (Lipinski definition) is 2. The maximum Gasteiger partial charge on any atom is 0.304 e. The van der Waals surface area contributed by atoms with Crippen molar-refractivity contribution in [3.63, 3.8) is 0 Å². The number of rotatable bonds is 18. The molecular formula is C20H36O5S2. The normalized spacial score (nSPS) is 12.7. The Hall–Kier alpha value is -0.530. The van der Waals surface area contributed by atoms with Gasteiger partial charge in [-0.3, -0.25) is 14.4 Å². The first kappa shape index (κ1) is 26.5. The van der Waals surface area contributed by atoms with Gasteiger partial charge in [0.25, 0.3) is 0 Å². The van der Waals surface area contributed by atoms with Gasteiger partial charge in [0.2, 0.25) is 0 Å². The summed E-state index contributed by atoms with van der Waals surface area (Å²) in [5.74, 6) is -0.129. The van der Waals surface area contributed by atoms with E-state index in [0.717, 1.165) is 38.7 Å². The smallest absolute Gasteiger partial charge is 0.304 e. The Morgan fingerprint density at radius 3 is 2.19 bits per heavy atom. The van der Waals surface area contributed by atoms with E-state index in [1.165, 1.54) is 11.8 Å². The molecule has 5 nitrogen and oxygen atoms in total. The van der Waals surface area contributed by atoms with Gasteiger partial charge in [0.05, 0.1) is 17.3 Å². The maximum absolute atomic E-state index is 11.9. The summed E-state index contributed by atoms with van der Waals surface area (Å²) in [6, 6.07) is 0. The number of thioether (sulfide) groups is 1. The summed E-state index contributed by atoms with van der Waals surface area (Å²) in [5, 5.41) is 8.28. The number of carboxylic acids is 1. The molecule has 0 aromatic heterocycles. The van der Waals surface area contributed by atoms with Crippen LogP contribution in [0.3, 0.4) is 0 Å². The molecule has 0 radical (unpaired) electrons. The fraction of sp³-hybridized carbons (Fsp3) is 0.850. The molecule has 1 unspecified atom stereocenters. The van der Waals surface area contributed by atoms with Gasteiger partial charge < -0.3 is 9.84 Å². The van der Waals surface area contributed by atoms with Gasteiger partial charge in [-0.05, 0) is 39.4 Å². The summed E-state index contributed by atoms with van der Waals surface area (Å²) in [6.45, 7) is 4.82. The summed E-state index contributed by atoms with van der Waals surface area (Å²) in [4.78, 5) is 34.5. The molecule has 0 heterocycles. The van der Waals surface area contributed by atoms with Crippen molar-refractivity contribution in [3.05, 3.63) is 0 Å². The van der Waals surface area contributed by atoms with Crippen molar-refractivity contribution in [2.75, 3.05) is 18.6 Å². The molecule has 0 aliphatic heterocycles. The van der Waals surface area contributed by atoms with Crippen molar-refractivity contribution in [2.24, 2.45) is 0 Å². The highest BCUT2D eigenvalue weighted by Crippen LogP contribution is 2.16. The molecule has 158 valence electrons.